The highest BCUT2D eigenvalue weighted by Crippen LogP contribution is 2.44. The maximum atomic E-state index is 2.44. The van der Waals surface area contributed by atoms with Gasteiger partial charge < -0.3 is 13.7 Å². The van der Waals surface area contributed by atoms with Crippen molar-refractivity contribution in [3.63, 3.8) is 0 Å². The normalized spacial score (nSPS) is 11.9. The van der Waals surface area contributed by atoms with Crippen LogP contribution in [0.2, 0.25) is 0 Å². The molecule has 0 aliphatic heterocycles. The van der Waals surface area contributed by atoms with Gasteiger partial charge in [-0.2, -0.15) is 0 Å². The summed E-state index contributed by atoms with van der Waals surface area (Å²) in [7, 11) is 0. The van der Waals surface area contributed by atoms with Crippen LogP contribution in [0.4, 0.5) is 0 Å². The summed E-state index contributed by atoms with van der Waals surface area (Å²) in [6.07, 6.45) is 0. The van der Waals surface area contributed by atoms with Crippen LogP contribution in [-0.2, 0) is 0 Å². The van der Waals surface area contributed by atoms with E-state index >= 15 is 0 Å². The smallest absolute Gasteiger partial charge is 0.0548 e. The van der Waals surface area contributed by atoms with Crippen LogP contribution >= 0.6 is 0 Å². The highest BCUT2D eigenvalue weighted by atomic mass is 15.0. The third-order valence-corrected chi connectivity index (χ3v) is 11.8. The molecule has 12 aromatic rings. The Bertz CT molecular complexity index is 3480. The first-order valence-corrected chi connectivity index (χ1v) is 19.6. The van der Waals surface area contributed by atoms with E-state index in [0.29, 0.717) is 0 Å². The molecular formula is C54H35N3. The Hall–Kier alpha value is -7.62. The average molecular weight is 726 g/mol. The van der Waals surface area contributed by atoms with Crippen molar-refractivity contribution >= 4 is 65.4 Å². The largest absolute Gasteiger partial charge is 0.309 e. The number of hydrogen-bond donors (Lipinski definition) is 0. The molecule has 0 N–H and O–H groups in total. The minimum Gasteiger partial charge on any atom is -0.309 e. The fourth-order valence-corrected chi connectivity index (χ4v) is 9.32. The van der Waals surface area contributed by atoms with Crippen molar-refractivity contribution in [2.24, 2.45) is 0 Å². The van der Waals surface area contributed by atoms with Crippen molar-refractivity contribution < 1.29 is 0 Å². The summed E-state index contributed by atoms with van der Waals surface area (Å²) >= 11 is 0. The van der Waals surface area contributed by atoms with Crippen LogP contribution in [0.1, 0.15) is 0 Å². The highest BCUT2D eigenvalue weighted by molar-refractivity contribution is 6.29. The van der Waals surface area contributed by atoms with Crippen molar-refractivity contribution in [2.75, 3.05) is 0 Å². The molecule has 0 fully saturated rings. The zero-order valence-corrected chi connectivity index (χ0v) is 31.0. The van der Waals surface area contributed by atoms with Crippen molar-refractivity contribution in [3.05, 3.63) is 212 Å². The summed E-state index contributed by atoms with van der Waals surface area (Å²) in [4.78, 5) is 0. The first-order valence-electron chi connectivity index (χ1n) is 19.6. The van der Waals surface area contributed by atoms with Crippen LogP contribution in [0.15, 0.2) is 212 Å². The monoisotopic (exact) mass is 725 g/mol. The van der Waals surface area contributed by atoms with E-state index < -0.39 is 0 Å². The van der Waals surface area contributed by atoms with Crippen LogP contribution < -0.4 is 0 Å². The molecule has 0 atom stereocenters. The molecule has 3 heteroatoms. The Labute approximate surface area is 329 Å². The van der Waals surface area contributed by atoms with Gasteiger partial charge in [-0.05, 0) is 107 Å². The van der Waals surface area contributed by atoms with Crippen LogP contribution in [0.25, 0.3) is 105 Å². The average Bonchev–Trinajstić information content (AvgIpc) is 3.92. The molecule has 3 heterocycles. The second-order valence-electron chi connectivity index (χ2n) is 14.9. The first-order chi connectivity index (χ1) is 28.3. The van der Waals surface area contributed by atoms with Crippen LogP contribution in [-0.4, -0.2) is 13.7 Å². The molecule has 9 aromatic carbocycles. The lowest BCUT2D eigenvalue weighted by Crippen LogP contribution is -1.94. The van der Waals surface area contributed by atoms with Gasteiger partial charge in [-0.25, -0.2) is 0 Å². The lowest BCUT2D eigenvalue weighted by atomic mass is 9.99. The number of nitrogens with zero attached hydrogens (tertiary/aromatic N) is 3. The van der Waals surface area contributed by atoms with Crippen molar-refractivity contribution in [1.29, 1.82) is 0 Å². The quantitative estimate of drug-likeness (QED) is 0.168. The first kappa shape index (κ1) is 31.7. The second-order valence-corrected chi connectivity index (χ2v) is 14.9. The van der Waals surface area contributed by atoms with Gasteiger partial charge in [-0.3, -0.25) is 0 Å². The van der Waals surface area contributed by atoms with E-state index in [9.17, 15) is 0 Å². The van der Waals surface area contributed by atoms with Crippen LogP contribution in [0.5, 0.6) is 0 Å². The Kier molecular flexibility index (Phi) is 6.93. The lowest BCUT2D eigenvalue weighted by Gasteiger charge is -2.10. The fourth-order valence-electron chi connectivity index (χ4n) is 9.32. The third-order valence-electron chi connectivity index (χ3n) is 11.8. The number of aromatic nitrogens is 3. The minimum atomic E-state index is 1.15. The number of rotatable bonds is 5. The van der Waals surface area contributed by atoms with E-state index in [1.807, 2.05) is 0 Å². The van der Waals surface area contributed by atoms with Gasteiger partial charge in [0.2, 0.25) is 0 Å². The number of hydrogen-bond acceptors (Lipinski definition) is 0. The zero-order chi connectivity index (χ0) is 37.5. The number of fused-ring (bicyclic) bond motifs is 10. The predicted molar refractivity (Wildman–Crippen MR) is 240 cm³/mol. The van der Waals surface area contributed by atoms with Crippen molar-refractivity contribution in [2.45, 2.75) is 0 Å². The zero-order valence-electron chi connectivity index (χ0n) is 31.0. The Morgan fingerprint density at radius 1 is 0.211 bits per heavy atom. The summed E-state index contributed by atoms with van der Waals surface area (Å²) in [5.74, 6) is 0. The number of para-hydroxylation sites is 4. The molecule has 266 valence electrons. The molecule has 0 saturated heterocycles. The lowest BCUT2D eigenvalue weighted by molar-refractivity contribution is 1.17. The third kappa shape index (κ3) is 4.79. The Morgan fingerprint density at radius 3 is 1.19 bits per heavy atom. The van der Waals surface area contributed by atoms with E-state index in [-0.39, 0.29) is 0 Å². The summed E-state index contributed by atoms with van der Waals surface area (Å²) in [6.45, 7) is 0. The maximum absolute atomic E-state index is 2.44. The van der Waals surface area contributed by atoms with Gasteiger partial charge in [0.15, 0.2) is 0 Å². The molecule has 0 amide bonds. The molecule has 3 nitrogen and oxygen atoms in total. The Morgan fingerprint density at radius 2 is 0.579 bits per heavy atom. The second kappa shape index (κ2) is 12.5. The molecule has 0 aliphatic carbocycles. The summed E-state index contributed by atoms with van der Waals surface area (Å²) in [5, 5.41) is 7.54. The molecule has 0 radical (unpaired) electrons. The summed E-state index contributed by atoms with van der Waals surface area (Å²) in [6, 6.07) is 77.4. The summed E-state index contributed by atoms with van der Waals surface area (Å²) < 4.78 is 7.25. The minimum absolute atomic E-state index is 1.15. The molecule has 0 unspecified atom stereocenters. The SMILES string of the molecule is c1ccc(-c2ccc(-n3c4ccccc4c4c5c6cc(-c7ccc8c(c7)c7ccccc7n8-c7ccccc7)ccc6n(-c6ccccc6)c5ccc43)cc2)cc1. The molecule has 0 spiro atoms. The van der Waals surface area contributed by atoms with E-state index in [4.69, 9.17) is 0 Å². The van der Waals surface area contributed by atoms with Gasteiger partial charge in [-0.1, -0.05) is 127 Å². The van der Waals surface area contributed by atoms with Crippen molar-refractivity contribution in [1.82, 2.24) is 13.7 Å². The predicted octanol–water partition coefficient (Wildman–Crippen LogP) is 14.3. The molecule has 0 bridgehead atoms. The molecular weight excluding hydrogens is 691 g/mol. The molecule has 57 heavy (non-hydrogen) atoms. The van der Waals surface area contributed by atoms with Gasteiger partial charge in [-0.15, -0.1) is 0 Å². The maximum Gasteiger partial charge on any atom is 0.0548 e. The molecule has 3 aromatic heterocycles. The summed E-state index contributed by atoms with van der Waals surface area (Å²) in [5.41, 5.74) is 15.5. The van der Waals surface area contributed by atoms with E-state index in [1.165, 1.54) is 93.4 Å². The van der Waals surface area contributed by atoms with E-state index in [0.717, 1.165) is 11.4 Å². The molecule has 0 saturated carbocycles. The fraction of sp³-hybridized carbons (Fsp3) is 0. The topological polar surface area (TPSA) is 14.8 Å². The number of benzene rings is 9. The molecule has 0 aliphatic rings. The standard InChI is InChI=1S/C54H35N3/c1-4-14-36(15-5-1)37-24-28-42(29-25-37)57-48-23-13-11-21-44(48)53-51(57)32-33-52-54(53)46-35-39(27-31-50(46)56(52)41-18-8-3-9-19-41)38-26-30-49-45(34-38)43-20-10-12-22-47(43)55(49)40-16-6-2-7-17-40/h1-35H. The highest BCUT2D eigenvalue weighted by Gasteiger charge is 2.21. The van der Waals surface area contributed by atoms with Gasteiger partial charge in [0.05, 0.1) is 33.1 Å². The van der Waals surface area contributed by atoms with Crippen molar-refractivity contribution in [3.8, 4) is 39.3 Å². The van der Waals surface area contributed by atoms with Crippen LogP contribution in [0, 0.1) is 0 Å². The van der Waals surface area contributed by atoms with Gasteiger partial charge in [0, 0.05) is 49.4 Å². The molecule has 12 rings (SSSR count). The Balaban J connectivity index is 1.12. The van der Waals surface area contributed by atoms with Gasteiger partial charge in [0.1, 0.15) is 0 Å². The van der Waals surface area contributed by atoms with E-state index in [1.54, 1.807) is 0 Å². The van der Waals surface area contributed by atoms with Crippen LogP contribution in [0.3, 0.4) is 0 Å². The van der Waals surface area contributed by atoms with Gasteiger partial charge >= 0.3 is 0 Å². The van der Waals surface area contributed by atoms with E-state index in [2.05, 4.69) is 226 Å². The van der Waals surface area contributed by atoms with Gasteiger partial charge in [0.25, 0.3) is 0 Å².